The summed E-state index contributed by atoms with van der Waals surface area (Å²) in [6.45, 7) is 2.76. The van der Waals surface area contributed by atoms with E-state index >= 15 is 0 Å². The Balaban J connectivity index is 1.80. The van der Waals surface area contributed by atoms with Gasteiger partial charge in [0.15, 0.2) is 0 Å². The molecule has 1 amide bonds. The number of benzene rings is 2. The second-order valence-corrected chi connectivity index (χ2v) is 9.29. The van der Waals surface area contributed by atoms with E-state index in [9.17, 15) is 13.2 Å². The first-order valence-corrected chi connectivity index (χ1v) is 11.3. The highest BCUT2D eigenvalue weighted by Gasteiger charge is 2.18. The Kier molecular flexibility index (Phi) is 6.39. The maximum Gasteiger partial charge on any atom is 0.271 e. The standard InChI is InChI=1S/C20H19ClN2O3S2/c1-2-23(14-16-7-3-4-10-18(16)21)20(24)15-8-5-9-17(13-15)22-28(25,26)19-11-6-12-27-19/h3-13,22H,2,14H2,1H3. The molecule has 146 valence electrons. The van der Waals surface area contributed by atoms with Crippen LogP contribution in [-0.2, 0) is 16.6 Å². The molecule has 2 aromatic carbocycles. The van der Waals surface area contributed by atoms with Gasteiger partial charge >= 0.3 is 0 Å². The lowest BCUT2D eigenvalue weighted by Gasteiger charge is -2.22. The van der Waals surface area contributed by atoms with E-state index < -0.39 is 10.0 Å². The molecule has 3 aromatic rings. The molecular weight excluding hydrogens is 416 g/mol. The van der Waals surface area contributed by atoms with Crippen molar-refractivity contribution in [2.45, 2.75) is 17.7 Å². The van der Waals surface area contributed by atoms with Crippen molar-refractivity contribution < 1.29 is 13.2 Å². The number of nitrogens with one attached hydrogen (secondary N) is 1. The largest absolute Gasteiger partial charge is 0.335 e. The van der Waals surface area contributed by atoms with E-state index in [0.717, 1.165) is 16.9 Å². The summed E-state index contributed by atoms with van der Waals surface area (Å²) in [7, 11) is -3.67. The molecule has 1 heterocycles. The summed E-state index contributed by atoms with van der Waals surface area (Å²) in [5.41, 5.74) is 1.60. The van der Waals surface area contributed by atoms with E-state index in [2.05, 4.69) is 4.72 Å². The molecule has 5 nitrogen and oxygen atoms in total. The zero-order valence-corrected chi connectivity index (χ0v) is 17.5. The lowest BCUT2D eigenvalue weighted by molar-refractivity contribution is 0.0752. The number of anilines is 1. The monoisotopic (exact) mass is 434 g/mol. The van der Waals surface area contributed by atoms with Crippen molar-refractivity contribution in [1.29, 1.82) is 0 Å². The lowest BCUT2D eigenvalue weighted by Crippen LogP contribution is -2.30. The molecule has 0 unspecified atom stereocenters. The highest BCUT2D eigenvalue weighted by atomic mass is 35.5. The van der Waals surface area contributed by atoms with Gasteiger partial charge in [0.25, 0.3) is 15.9 Å². The summed E-state index contributed by atoms with van der Waals surface area (Å²) in [5, 5.41) is 2.30. The highest BCUT2D eigenvalue weighted by molar-refractivity contribution is 7.94. The molecule has 0 saturated carbocycles. The molecule has 28 heavy (non-hydrogen) atoms. The number of halogens is 1. The quantitative estimate of drug-likeness (QED) is 0.577. The minimum atomic E-state index is -3.67. The van der Waals surface area contributed by atoms with Gasteiger partial charge in [0.1, 0.15) is 4.21 Å². The molecule has 0 aliphatic carbocycles. The van der Waals surface area contributed by atoms with Crippen LogP contribution in [0.5, 0.6) is 0 Å². The van der Waals surface area contributed by atoms with Gasteiger partial charge in [-0.1, -0.05) is 41.9 Å². The third-order valence-electron chi connectivity index (χ3n) is 4.11. The average Bonchev–Trinajstić information content (AvgIpc) is 3.23. The first-order valence-electron chi connectivity index (χ1n) is 8.60. The molecule has 0 radical (unpaired) electrons. The Hall–Kier alpha value is -2.35. The number of thiophene rings is 1. The zero-order chi connectivity index (χ0) is 20.1. The predicted octanol–water partition coefficient (Wildman–Crippen LogP) is 4.86. The molecule has 0 saturated heterocycles. The normalized spacial score (nSPS) is 11.2. The summed E-state index contributed by atoms with van der Waals surface area (Å²) >= 11 is 7.34. The Morgan fingerprint density at radius 3 is 2.57 bits per heavy atom. The van der Waals surface area contributed by atoms with Crippen LogP contribution in [-0.4, -0.2) is 25.8 Å². The predicted molar refractivity (Wildman–Crippen MR) is 113 cm³/mol. The van der Waals surface area contributed by atoms with Gasteiger partial charge in [0.05, 0.1) is 0 Å². The van der Waals surface area contributed by atoms with Crippen LogP contribution in [0, 0.1) is 0 Å². The first-order chi connectivity index (χ1) is 13.4. The number of nitrogens with zero attached hydrogens (tertiary/aromatic N) is 1. The number of amides is 1. The molecule has 1 aromatic heterocycles. The topological polar surface area (TPSA) is 66.5 Å². The molecule has 0 fully saturated rings. The Morgan fingerprint density at radius 2 is 1.89 bits per heavy atom. The SMILES string of the molecule is CCN(Cc1ccccc1Cl)C(=O)c1cccc(NS(=O)(=O)c2cccs2)c1. The molecule has 0 aliphatic heterocycles. The van der Waals surface area contributed by atoms with Gasteiger partial charge in [-0.15, -0.1) is 11.3 Å². The minimum Gasteiger partial charge on any atom is -0.335 e. The zero-order valence-electron chi connectivity index (χ0n) is 15.1. The van der Waals surface area contributed by atoms with E-state index in [1.807, 2.05) is 25.1 Å². The number of rotatable bonds is 7. The van der Waals surface area contributed by atoms with Crippen LogP contribution in [0.15, 0.2) is 70.3 Å². The fourth-order valence-corrected chi connectivity index (χ4v) is 4.92. The maximum atomic E-state index is 12.9. The number of hydrogen-bond donors (Lipinski definition) is 1. The third-order valence-corrected chi connectivity index (χ3v) is 7.26. The van der Waals surface area contributed by atoms with E-state index in [1.165, 1.54) is 6.07 Å². The van der Waals surface area contributed by atoms with Crippen LogP contribution in [0.3, 0.4) is 0 Å². The Bertz CT molecular complexity index is 1070. The molecule has 0 spiro atoms. The molecule has 3 rings (SSSR count). The highest BCUT2D eigenvalue weighted by Crippen LogP contribution is 2.22. The third kappa shape index (κ3) is 4.73. The van der Waals surface area contributed by atoms with Crippen molar-refractivity contribution in [3.63, 3.8) is 0 Å². The number of sulfonamides is 1. The van der Waals surface area contributed by atoms with Crippen molar-refractivity contribution in [2.24, 2.45) is 0 Å². The van der Waals surface area contributed by atoms with Crippen molar-refractivity contribution in [3.05, 3.63) is 82.2 Å². The van der Waals surface area contributed by atoms with Crippen molar-refractivity contribution >= 4 is 44.6 Å². The second kappa shape index (κ2) is 8.77. The summed E-state index contributed by atoms with van der Waals surface area (Å²) in [4.78, 5) is 14.6. The van der Waals surface area contributed by atoms with Crippen LogP contribution >= 0.6 is 22.9 Å². The fraction of sp³-hybridized carbons (Fsp3) is 0.150. The molecule has 1 N–H and O–H groups in total. The maximum absolute atomic E-state index is 12.9. The van der Waals surface area contributed by atoms with Crippen LogP contribution in [0.25, 0.3) is 0 Å². The van der Waals surface area contributed by atoms with E-state index in [-0.39, 0.29) is 10.1 Å². The summed E-state index contributed by atoms with van der Waals surface area (Å²) in [5.74, 6) is -0.195. The van der Waals surface area contributed by atoms with Gasteiger partial charge < -0.3 is 4.90 Å². The van der Waals surface area contributed by atoms with Crippen LogP contribution in [0.4, 0.5) is 5.69 Å². The minimum absolute atomic E-state index is 0.195. The number of hydrogen-bond acceptors (Lipinski definition) is 4. The van der Waals surface area contributed by atoms with E-state index in [4.69, 9.17) is 11.6 Å². The van der Waals surface area contributed by atoms with Crippen LogP contribution in [0.1, 0.15) is 22.8 Å². The molecular formula is C20H19ClN2O3S2. The number of carbonyl (C=O) groups excluding carboxylic acids is 1. The smallest absolute Gasteiger partial charge is 0.271 e. The van der Waals surface area contributed by atoms with Gasteiger partial charge in [-0.25, -0.2) is 8.42 Å². The summed E-state index contributed by atoms with van der Waals surface area (Å²) in [6, 6.07) is 17.1. The molecule has 0 bridgehead atoms. The van der Waals surface area contributed by atoms with Gasteiger partial charge in [-0.05, 0) is 48.2 Å². The second-order valence-electron chi connectivity index (χ2n) is 6.03. The van der Waals surface area contributed by atoms with Crippen LogP contribution in [0.2, 0.25) is 5.02 Å². The Labute approximate surface area is 173 Å². The van der Waals surface area contributed by atoms with Crippen molar-refractivity contribution in [3.8, 4) is 0 Å². The summed E-state index contributed by atoms with van der Waals surface area (Å²) < 4.78 is 27.5. The summed E-state index contributed by atoms with van der Waals surface area (Å²) in [6.07, 6.45) is 0. The van der Waals surface area contributed by atoms with E-state index in [0.29, 0.717) is 29.4 Å². The molecule has 8 heteroatoms. The van der Waals surface area contributed by atoms with Gasteiger partial charge in [0.2, 0.25) is 0 Å². The van der Waals surface area contributed by atoms with Crippen LogP contribution < -0.4 is 4.72 Å². The van der Waals surface area contributed by atoms with Gasteiger partial charge in [-0.2, -0.15) is 0 Å². The Morgan fingerprint density at radius 1 is 1.11 bits per heavy atom. The van der Waals surface area contributed by atoms with Gasteiger partial charge in [0, 0.05) is 29.4 Å². The lowest BCUT2D eigenvalue weighted by atomic mass is 10.1. The van der Waals surface area contributed by atoms with Gasteiger partial charge in [-0.3, -0.25) is 9.52 Å². The van der Waals surface area contributed by atoms with Crippen molar-refractivity contribution in [1.82, 2.24) is 4.90 Å². The molecule has 0 aliphatic rings. The fourth-order valence-electron chi connectivity index (χ4n) is 2.68. The van der Waals surface area contributed by atoms with E-state index in [1.54, 1.807) is 46.7 Å². The van der Waals surface area contributed by atoms with Crippen molar-refractivity contribution in [2.75, 3.05) is 11.3 Å². The number of carbonyl (C=O) groups is 1. The first kappa shape index (κ1) is 20.4. The average molecular weight is 435 g/mol. The molecule has 0 atom stereocenters.